The summed E-state index contributed by atoms with van der Waals surface area (Å²) >= 11 is 0. The molecule has 0 amide bonds. The topological polar surface area (TPSA) is 17.1 Å². The number of carbonyl (C=O) groups is 1. The smallest absolute Gasteiger partial charge is 0.205 e. The third-order valence-electron chi connectivity index (χ3n) is 2.56. The van der Waals surface area contributed by atoms with Gasteiger partial charge in [0.2, 0.25) is 5.78 Å². The molecule has 0 unspecified atom stereocenters. The molecule has 0 spiro atoms. The van der Waals surface area contributed by atoms with Crippen molar-refractivity contribution in [1.82, 2.24) is 0 Å². The largest absolute Gasteiger partial charge is 0.285 e. The average Bonchev–Trinajstić information content (AvgIpc) is 2.10. The molecule has 0 aromatic carbocycles. The second-order valence-electron chi connectivity index (χ2n) is 5.94. The Morgan fingerprint density at radius 2 is 1.67 bits per heavy atom. The van der Waals surface area contributed by atoms with Gasteiger partial charge in [0.25, 0.3) is 0 Å². The van der Waals surface area contributed by atoms with Crippen LogP contribution in [0, 0.1) is 22.7 Å². The monoisotopic (exact) mass is 208 g/mol. The van der Waals surface area contributed by atoms with Gasteiger partial charge in [-0.05, 0) is 38.5 Å². The van der Waals surface area contributed by atoms with E-state index in [-0.39, 0.29) is 16.6 Å². The summed E-state index contributed by atoms with van der Waals surface area (Å²) in [4.78, 5) is 11.5. The molecule has 0 N–H and O–H groups in total. The number of carbonyl (C=O) groups excluding carboxylic acids is 1. The second kappa shape index (κ2) is 5.35. The van der Waals surface area contributed by atoms with Gasteiger partial charge in [0.1, 0.15) is 0 Å². The van der Waals surface area contributed by atoms with E-state index in [4.69, 9.17) is 0 Å². The Morgan fingerprint density at radius 3 is 2.07 bits per heavy atom. The zero-order valence-electron chi connectivity index (χ0n) is 11.0. The zero-order valence-corrected chi connectivity index (χ0v) is 11.0. The SMILES string of the molecule is CCC(C)(C)CCC(=O)C#CC(C)(C)C. The predicted octanol–water partition coefficient (Wildman–Crippen LogP) is 3.82. The fourth-order valence-corrected chi connectivity index (χ4v) is 0.948. The van der Waals surface area contributed by atoms with E-state index in [1.165, 1.54) is 0 Å². The number of ketones is 1. The lowest BCUT2D eigenvalue weighted by Gasteiger charge is -2.21. The molecule has 0 saturated carbocycles. The molecule has 86 valence electrons. The van der Waals surface area contributed by atoms with E-state index in [2.05, 4.69) is 32.6 Å². The van der Waals surface area contributed by atoms with Crippen molar-refractivity contribution in [2.24, 2.45) is 10.8 Å². The number of rotatable bonds is 4. The second-order valence-corrected chi connectivity index (χ2v) is 5.94. The summed E-state index contributed by atoms with van der Waals surface area (Å²) in [5.74, 6) is 5.78. The summed E-state index contributed by atoms with van der Waals surface area (Å²) in [5.41, 5.74) is 0.189. The molecule has 0 aliphatic rings. The normalized spacial score (nSPS) is 11.9. The maximum atomic E-state index is 11.5. The summed E-state index contributed by atoms with van der Waals surface area (Å²) in [7, 11) is 0. The Balaban J connectivity index is 4.11. The minimum absolute atomic E-state index is 0.0735. The van der Waals surface area contributed by atoms with Crippen LogP contribution in [-0.2, 0) is 4.79 Å². The predicted molar refractivity (Wildman–Crippen MR) is 65.5 cm³/mol. The van der Waals surface area contributed by atoms with Gasteiger partial charge in [-0.2, -0.15) is 0 Å². The maximum Gasteiger partial charge on any atom is 0.205 e. The average molecular weight is 208 g/mol. The fourth-order valence-electron chi connectivity index (χ4n) is 0.948. The van der Waals surface area contributed by atoms with Crippen LogP contribution >= 0.6 is 0 Å². The highest BCUT2D eigenvalue weighted by molar-refractivity contribution is 5.95. The van der Waals surface area contributed by atoms with Gasteiger partial charge >= 0.3 is 0 Å². The van der Waals surface area contributed by atoms with Gasteiger partial charge in [-0.3, -0.25) is 4.79 Å². The first-order valence-electron chi connectivity index (χ1n) is 5.72. The Hall–Kier alpha value is -0.770. The van der Waals surface area contributed by atoms with Crippen molar-refractivity contribution in [1.29, 1.82) is 0 Å². The van der Waals surface area contributed by atoms with E-state index in [0.29, 0.717) is 6.42 Å². The summed E-state index contributed by atoms with van der Waals surface area (Å²) < 4.78 is 0. The van der Waals surface area contributed by atoms with Crippen molar-refractivity contribution in [2.45, 2.75) is 60.8 Å². The van der Waals surface area contributed by atoms with Gasteiger partial charge in [0.15, 0.2) is 0 Å². The minimum Gasteiger partial charge on any atom is -0.285 e. The molecule has 0 heterocycles. The molecule has 1 heteroatoms. The molecule has 0 radical (unpaired) electrons. The van der Waals surface area contributed by atoms with Crippen LogP contribution in [0.5, 0.6) is 0 Å². The summed E-state index contributed by atoms with van der Waals surface area (Å²) in [5, 5.41) is 0. The molecule has 1 nitrogen and oxygen atoms in total. The molecular formula is C14H24O. The zero-order chi connectivity index (χ0) is 12.1. The van der Waals surface area contributed by atoms with Gasteiger partial charge in [-0.15, -0.1) is 0 Å². The van der Waals surface area contributed by atoms with E-state index < -0.39 is 0 Å². The van der Waals surface area contributed by atoms with Crippen LogP contribution in [0.4, 0.5) is 0 Å². The van der Waals surface area contributed by atoms with Crippen LogP contribution in [0.1, 0.15) is 60.8 Å². The van der Waals surface area contributed by atoms with E-state index in [0.717, 1.165) is 12.8 Å². The van der Waals surface area contributed by atoms with E-state index in [9.17, 15) is 4.79 Å². The third kappa shape index (κ3) is 8.24. The summed E-state index contributed by atoms with van der Waals surface area (Å²) in [6.45, 7) is 12.6. The highest BCUT2D eigenvalue weighted by Crippen LogP contribution is 2.25. The Kier molecular flexibility index (Phi) is 5.08. The number of hydrogen-bond acceptors (Lipinski definition) is 1. The van der Waals surface area contributed by atoms with E-state index in [1.807, 2.05) is 20.8 Å². The maximum absolute atomic E-state index is 11.5. The van der Waals surface area contributed by atoms with Crippen molar-refractivity contribution in [2.75, 3.05) is 0 Å². The molecule has 0 atom stereocenters. The highest BCUT2D eigenvalue weighted by Gasteiger charge is 2.16. The molecule has 0 rings (SSSR count). The summed E-state index contributed by atoms with van der Waals surface area (Å²) in [6.07, 6.45) is 2.62. The highest BCUT2D eigenvalue weighted by atomic mass is 16.1. The van der Waals surface area contributed by atoms with Crippen molar-refractivity contribution in [3.8, 4) is 11.8 Å². The van der Waals surface area contributed by atoms with Crippen molar-refractivity contribution in [3.63, 3.8) is 0 Å². The van der Waals surface area contributed by atoms with Gasteiger partial charge in [0.05, 0.1) is 0 Å². The van der Waals surface area contributed by atoms with Crippen molar-refractivity contribution >= 4 is 5.78 Å². The van der Waals surface area contributed by atoms with Crippen molar-refractivity contribution < 1.29 is 4.79 Å². The van der Waals surface area contributed by atoms with Crippen LogP contribution in [0.15, 0.2) is 0 Å². The van der Waals surface area contributed by atoms with Gasteiger partial charge < -0.3 is 0 Å². The van der Waals surface area contributed by atoms with E-state index >= 15 is 0 Å². The molecule has 0 aliphatic heterocycles. The van der Waals surface area contributed by atoms with E-state index in [1.54, 1.807) is 0 Å². The quantitative estimate of drug-likeness (QED) is 0.507. The summed E-state index contributed by atoms with van der Waals surface area (Å²) in [6, 6.07) is 0. The first-order chi connectivity index (χ1) is 6.66. The molecule has 15 heavy (non-hydrogen) atoms. The van der Waals surface area contributed by atoms with Crippen LogP contribution in [-0.4, -0.2) is 5.78 Å². The lowest BCUT2D eigenvalue weighted by atomic mass is 9.84. The van der Waals surface area contributed by atoms with Gasteiger partial charge in [-0.1, -0.05) is 33.1 Å². The molecule has 0 aliphatic carbocycles. The Bertz CT molecular complexity index is 268. The van der Waals surface area contributed by atoms with Crippen LogP contribution in [0.2, 0.25) is 0 Å². The Labute approximate surface area is 94.6 Å². The van der Waals surface area contributed by atoms with Crippen molar-refractivity contribution in [3.05, 3.63) is 0 Å². The lowest BCUT2D eigenvalue weighted by Crippen LogP contribution is -2.11. The molecule has 0 aromatic heterocycles. The Morgan fingerprint density at radius 1 is 1.13 bits per heavy atom. The van der Waals surface area contributed by atoms with Crippen LogP contribution < -0.4 is 0 Å². The molecule has 0 aromatic rings. The van der Waals surface area contributed by atoms with Gasteiger partial charge in [-0.25, -0.2) is 0 Å². The fraction of sp³-hybridized carbons (Fsp3) is 0.786. The molecule has 0 fully saturated rings. The first-order valence-corrected chi connectivity index (χ1v) is 5.72. The molecule has 0 saturated heterocycles. The third-order valence-corrected chi connectivity index (χ3v) is 2.56. The molecule has 0 bridgehead atoms. The number of Topliss-reactive ketones (excluding diaryl/α,β-unsaturated/α-hetero) is 1. The first kappa shape index (κ1) is 14.2. The minimum atomic E-state index is -0.0735. The molecular weight excluding hydrogens is 184 g/mol. The number of hydrogen-bond donors (Lipinski definition) is 0. The lowest BCUT2D eigenvalue weighted by molar-refractivity contribution is -0.114. The van der Waals surface area contributed by atoms with Gasteiger partial charge in [0, 0.05) is 11.8 Å². The van der Waals surface area contributed by atoms with Crippen LogP contribution in [0.3, 0.4) is 0 Å². The van der Waals surface area contributed by atoms with Crippen LogP contribution in [0.25, 0.3) is 0 Å². The standard InChI is InChI=1S/C14H24O/c1-7-14(5,6)11-9-12(15)8-10-13(2,3)4/h7,9,11H2,1-6H3.